The quantitative estimate of drug-likeness (QED) is 0.566. The molecule has 0 aliphatic carbocycles. The van der Waals surface area contributed by atoms with Gasteiger partial charge in [0.2, 0.25) is 0 Å². The predicted molar refractivity (Wildman–Crippen MR) is 119 cm³/mol. The average Bonchev–Trinajstić information content (AvgIpc) is 2.72. The number of ether oxygens (including phenoxy) is 4. The molecule has 1 N–H and O–H groups in total. The molecule has 0 saturated heterocycles. The van der Waals surface area contributed by atoms with E-state index in [2.05, 4.69) is 26.1 Å². The van der Waals surface area contributed by atoms with Crippen molar-refractivity contribution in [2.45, 2.75) is 40.0 Å². The molecule has 0 aromatic heterocycles. The molecule has 0 saturated carbocycles. The zero-order valence-electron chi connectivity index (χ0n) is 18.8. The highest BCUT2D eigenvalue weighted by Gasteiger charge is 2.14. The van der Waals surface area contributed by atoms with Gasteiger partial charge in [0.05, 0.1) is 18.9 Å². The second-order valence-corrected chi connectivity index (χ2v) is 7.80. The van der Waals surface area contributed by atoms with Crippen LogP contribution in [-0.2, 0) is 19.7 Å². The second kappa shape index (κ2) is 11.2. The SMILES string of the molecule is CCOc1ccc(OCC)c(NC(=O)COC(=O)COc2ccc(C(C)(C)C)cc2)c1. The zero-order chi connectivity index (χ0) is 22.9. The molecule has 0 aliphatic rings. The summed E-state index contributed by atoms with van der Waals surface area (Å²) in [5.41, 5.74) is 1.65. The summed E-state index contributed by atoms with van der Waals surface area (Å²) < 4.78 is 21.4. The molecule has 168 valence electrons. The van der Waals surface area contributed by atoms with Gasteiger partial charge in [-0.05, 0) is 49.1 Å². The number of esters is 1. The van der Waals surface area contributed by atoms with Crippen LogP contribution in [0.5, 0.6) is 17.2 Å². The van der Waals surface area contributed by atoms with E-state index in [0.29, 0.717) is 36.1 Å². The normalized spacial score (nSPS) is 10.9. The van der Waals surface area contributed by atoms with Gasteiger partial charge >= 0.3 is 5.97 Å². The Kier molecular flexibility index (Phi) is 8.73. The third-order valence-electron chi connectivity index (χ3n) is 4.28. The number of nitrogens with one attached hydrogen (secondary N) is 1. The molecule has 0 aliphatic heterocycles. The van der Waals surface area contributed by atoms with Crippen LogP contribution in [0.25, 0.3) is 0 Å². The van der Waals surface area contributed by atoms with E-state index in [4.69, 9.17) is 18.9 Å². The number of hydrogen-bond donors (Lipinski definition) is 1. The first-order valence-corrected chi connectivity index (χ1v) is 10.3. The lowest BCUT2D eigenvalue weighted by molar-refractivity contribution is -0.149. The first-order chi connectivity index (χ1) is 14.7. The molecule has 2 rings (SSSR count). The Labute approximate surface area is 183 Å². The molecule has 7 heteroatoms. The van der Waals surface area contributed by atoms with Crippen LogP contribution in [0.15, 0.2) is 42.5 Å². The molecule has 31 heavy (non-hydrogen) atoms. The van der Waals surface area contributed by atoms with Crippen molar-refractivity contribution < 1.29 is 28.5 Å². The van der Waals surface area contributed by atoms with Gasteiger partial charge in [-0.15, -0.1) is 0 Å². The molecule has 0 bridgehead atoms. The molecular formula is C24H31NO6. The van der Waals surface area contributed by atoms with Gasteiger partial charge in [0, 0.05) is 6.07 Å². The Bertz CT molecular complexity index is 871. The molecule has 0 unspecified atom stereocenters. The molecule has 0 fully saturated rings. The molecular weight excluding hydrogens is 398 g/mol. The third kappa shape index (κ3) is 7.85. The highest BCUT2D eigenvalue weighted by molar-refractivity contribution is 5.94. The summed E-state index contributed by atoms with van der Waals surface area (Å²) in [5, 5.41) is 2.68. The van der Waals surface area contributed by atoms with E-state index in [1.165, 1.54) is 5.56 Å². The van der Waals surface area contributed by atoms with Crippen LogP contribution in [-0.4, -0.2) is 38.3 Å². The maximum absolute atomic E-state index is 12.2. The van der Waals surface area contributed by atoms with Crippen LogP contribution < -0.4 is 19.5 Å². The summed E-state index contributed by atoms with van der Waals surface area (Å²) >= 11 is 0. The van der Waals surface area contributed by atoms with E-state index in [0.717, 1.165) is 0 Å². The number of carbonyl (C=O) groups is 2. The number of benzene rings is 2. The number of rotatable bonds is 10. The van der Waals surface area contributed by atoms with Crippen LogP contribution in [0.1, 0.15) is 40.2 Å². The topological polar surface area (TPSA) is 83.1 Å². The molecule has 0 spiro atoms. The lowest BCUT2D eigenvalue weighted by atomic mass is 9.87. The van der Waals surface area contributed by atoms with Gasteiger partial charge in [-0.2, -0.15) is 0 Å². The number of anilines is 1. The van der Waals surface area contributed by atoms with Gasteiger partial charge in [-0.25, -0.2) is 4.79 Å². The molecule has 7 nitrogen and oxygen atoms in total. The van der Waals surface area contributed by atoms with E-state index in [1.807, 2.05) is 26.0 Å². The Morgan fingerprint density at radius 3 is 2.10 bits per heavy atom. The average molecular weight is 430 g/mol. The second-order valence-electron chi connectivity index (χ2n) is 7.80. The lowest BCUT2D eigenvalue weighted by Crippen LogP contribution is -2.24. The molecule has 0 radical (unpaired) electrons. The largest absolute Gasteiger partial charge is 0.494 e. The molecule has 1 amide bonds. The summed E-state index contributed by atoms with van der Waals surface area (Å²) in [6.45, 7) is 10.3. The first kappa shape index (κ1) is 24.1. The van der Waals surface area contributed by atoms with Gasteiger partial charge in [0.25, 0.3) is 5.91 Å². The Morgan fingerprint density at radius 2 is 1.48 bits per heavy atom. The van der Waals surface area contributed by atoms with Gasteiger partial charge in [-0.3, -0.25) is 4.79 Å². The van der Waals surface area contributed by atoms with E-state index in [9.17, 15) is 9.59 Å². The van der Waals surface area contributed by atoms with Crippen molar-refractivity contribution >= 4 is 17.6 Å². The standard InChI is InChI=1S/C24H31NO6/c1-6-28-19-12-13-21(29-7-2)20(14-19)25-22(26)15-31-23(27)16-30-18-10-8-17(9-11-18)24(3,4)5/h8-14H,6-7,15-16H2,1-5H3,(H,25,26). The minimum absolute atomic E-state index is 0.0367. The Balaban J connectivity index is 1.84. The summed E-state index contributed by atoms with van der Waals surface area (Å²) in [6.07, 6.45) is 0. The molecule has 0 atom stereocenters. The number of hydrogen-bond acceptors (Lipinski definition) is 6. The van der Waals surface area contributed by atoms with Crippen molar-refractivity contribution in [3.63, 3.8) is 0 Å². The highest BCUT2D eigenvalue weighted by Crippen LogP contribution is 2.29. The van der Waals surface area contributed by atoms with Crippen LogP contribution in [0.4, 0.5) is 5.69 Å². The number of carbonyl (C=O) groups excluding carboxylic acids is 2. The fourth-order valence-corrected chi connectivity index (χ4v) is 2.71. The fraction of sp³-hybridized carbons (Fsp3) is 0.417. The lowest BCUT2D eigenvalue weighted by Gasteiger charge is -2.19. The highest BCUT2D eigenvalue weighted by atomic mass is 16.6. The van der Waals surface area contributed by atoms with Crippen molar-refractivity contribution in [2.24, 2.45) is 0 Å². The summed E-state index contributed by atoms with van der Waals surface area (Å²) in [4.78, 5) is 24.2. The van der Waals surface area contributed by atoms with Crippen molar-refractivity contribution in [3.05, 3.63) is 48.0 Å². The van der Waals surface area contributed by atoms with E-state index >= 15 is 0 Å². The summed E-state index contributed by atoms with van der Waals surface area (Å²) in [7, 11) is 0. The maximum atomic E-state index is 12.2. The Morgan fingerprint density at radius 1 is 0.839 bits per heavy atom. The Hall–Kier alpha value is -3.22. The maximum Gasteiger partial charge on any atom is 0.344 e. The molecule has 0 heterocycles. The minimum atomic E-state index is -0.636. The minimum Gasteiger partial charge on any atom is -0.494 e. The van der Waals surface area contributed by atoms with Crippen molar-refractivity contribution in [1.29, 1.82) is 0 Å². The van der Waals surface area contributed by atoms with Gasteiger partial charge in [0.1, 0.15) is 17.2 Å². The fourth-order valence-electron chi connectivity index (χ4n) is 2.71. The predicted octanol–water partition coefficient (Wildman–Crippen LogP) is 4.34. The van der Waals surface area contributed by atoms with Crippen LogP contribution >= 0.6 is 0 Å². The van der Waals surface area contributed by atoms with E-state index in [1.54, 1.807) is 30.3 Å². The smallest absolute Gasteiger partial charge is 0.344 e. The summed E-state index contributed by atoms with van der Waals surface area (Å²) in [5.74, 6) is 0.543. The van der Waals surface area contributed by atoms with E-state index in [-0.39, 0.29) is 12.0 Å². The van der Waals surface area contributed by atoms with Gasteiger partial charge in [-0.1, -0.05) is 32.9 Å². The monoisotopic (exact) mass is 429 g/mol. The summed E-state index contributed by atoms with van der Waals surface area (Å²) in [6, 6.07) is 12.7. The van der Waals surface area contributed by atoms with Crippen LogP contribution in [0.3, 0.4) is 0 Å². The molecule has 2 aromatic rings. The first-order valence-electron chi connectivity index (χ1n) is 10.3. The van der Waals surface area contributed by atoms with Crippen molar-refractivity contribution in [1.82, 2.24) is 0 Å². The van der Waals surface area contributed by atoms with Gasteiger partial charge < -0.3 is 24.3 Å². The van der Waals surface area contributed by atoms with Gasteiger partial charge in [0.15, 0.2) is 13.2 Å². The van der Waals surface area contributed by atoms with E-state index < -0.39 is 18.5 Å². The van der Waals surface area contributed by atoms with Crippen molar-refractivity contribution in [3.8, 4) is 17.2 Å². The van der Waals surface area contributed by atoms with Crippen LogP contribution in [0, 0.1) is 0 Å². The molecule has 2 aromatic carbocycles. The van der Waals surface area contributed by atoms with Crippen LogP contribution in [0.2, 0.25) is 0 Å². The number of amides is 1. The van der Waals surface area contributed by atoms with Crippen molar-refractivity contribution in [2.75, 3.05) is 31.7 Å². The third-order valence-corrected chi connectivity index (χ3v) is 4.28. The zero-order valence-corrected chi connectivity index (χ0v) is 18.8.